The van der Waals surface area contributed by atoms with E-state index < -0.39 is 0 Å². The van der Waals surface area contributed by atoms with Crippen molar-refractivity contribution in [1.82, 2.24) is 0 Å². The average molecular weight is 925 g/mol. The highest BCUT2D eigenvalue weighted by Gasteiger charge is 2.49. The summed E-state index contributed by atoms with van der Waals surface area (Å²) in [5, 5.41) is 0. The zero-order valence-corrected chi connectivity index (χ0v) is 46.3. The zero-order valence-electron chi connectivity index (χ0n) is 46.3. The van der Waals surface area contributed by atoms with Crippen molar-refractivity contribution >= 4 is 57.2 Å². The molecule has 0 radical (unpaired) electrons. The Labute approximate surface area is 423 Å². The predicted molar refractivity (Wildman–Crippen MR) is 304 cm³/mol. The first-order valence-electron chi connectivity index (χ1n) is 26.9. The lowest BCUT2D eigenvalue weighted by molar-refractivity contribution is 0.332. The van der Waals surface area contributed by atoms with Gasteiger partial charge in [0, 0.05) is 39.5 Å². The normalized spacial score (nSPS) is 20.5. The van der Waals surface area contributed by atoms with Gasteiger partial charge in [0.1, 0.15) is 0 Å². The number of aryl methyl sites for hydroxylation is 1. The molecule has 70 heavy (non-hydrogen) atoms. The number of hydrogen-bond donors (Lipinski definition) is 0. The van der Waals surface area contributed by atoms with E-state index in [2.05, 4.69) is 238 Å². The number of nitrogens with zero attached hydrogens (tertiary/aromatic N) is 2. The van der Waals surface area contributed by atoms with E-state index >= 15 is 0 Å². The van der Waals surface area contributed by atoms with Crippen molar-refractivity contribution in [3.05, 3.63) is 159 Å². The van der Waals surface area contributed by atoms with Crippen LogP contribution in [0.15, 0.2) is 103 Å². The Balaban J connectivity index is 1.29. The van der Waals surface area contributed by atoms with E-state index in [1.165, 1.54) is 132 Å². The Hall–Kier alpha value is -5.02. The summed E-state index contributed by atoms with van der Waals surface area (Å²) in [6.07, 6.45) is 5.88. The van der Waals surface area contributed by atoms with Crippen molar-refractivity contribution < 1.29 is 0 Å². The Morgan fingerprint density at radius 2 is 0.900 bits per heavy atom. The first-order chi connectivity index (χ1) is 32.4. The van der Waals surface area contributed by atoms with Crippen LogP contribution in [0.3, 0.4) is 0 Å². The lowest BCUT2D eigenvalue weighted by Crippen LogP contribution is -2.62. The van der Waals surface area contributed by atoms with E-state index in [1.807, 2.05) is 0 Å². The molecule has 0 N–H and O–H groups in total. The highest BCUT2D eigenvalue weighted by atomic mass is 15.2. The van der Waals surface area contributed by atoms with Gasteiger partial charge in [-0.3, -0.25) is 0 Å². The van der Waals surface area contributed by atoms with Crippen LogP contribution in [0.1, 0.15) is 205 Å². The summed E-state index contributed by atoms with van der Waals surface area (Å²) in [4.78, 5) is 5.47. The molecule has 3 heteroatoms. The molecule has 2 aliphatic heterocycles. The molecule has 0 bridgehead atoms. The molecule has 0 atom stereocenters. The molecule has 5 aliphatic rings. The molecule has 0 amide bonds. The highest BCUT2D eigenvalue weighted by Crippen LogP contribution is 2.56. The topological polar surface area (TPSA) is 6.48 Å². The molecule has 2 nitrogen and oxygen atoms in total. The molecular weight excluding hydrogens is 844 g/mol. The van der Waals surface area contributed by atoms with Gasteiger partial charge in [0.2, 0.25) is 0 Å². The van der Waals surface area contributed by atoms with Crippen LogP contribution in [0.4, 0.5) is 34.1 Å². The van der Waals surface area contributed by atoms with E-state index in [0.29, 0.717) is 0 Å². The smallest absolute Gasteiger partial charge is 0.252 e. The molecule has 0 fully saturated rings. The molecule has 6 aromatic rings. The minimum Gasteiger partial charge on any atom is -0.311 e. The first kappa shape index (κ1) is 47.3. The lowest BCUT2D eigenvalue weighted by Gasteiger charge is -2.48. The van der Waals surface area contributed by atoms with E-state index in [-0.39, 0.29) is 50.0 Å². The fourth-order valence-electron chi connectivity index (χ4n) is 14.5. The molecule has 362 valence electrons. The van der Waals surface area contributed by atoms with Crippen LogP contribution in [-0.2, 0) is 43.3 Å². The van der Waals surface area contributed by atoms with Crippen LogP contribution >= 0.6 is 0 Å². The fourth-order valence-corrected chi connectivity index (χ4v) is 14.5. The molecule has 2 heterocycles. The van der Waals surface area contributed by atoms with Crippen LogP contribution < -0.4 is 26.2 Å². The summed E-state index contributed by atoms with van der Waals surface area (Å²) in [6.45, 7) is 44.3. The number of benzene rings is 6. The second-order valence-corrected chi connectivity index (χ2v) is 28.4. The van der Waals surface area contributed by atoms with Gasteiger partial charge in [-0.15, -0.1) is 0 Å². The monoisotopic (exact) mass is 925 g/mol. The molecule has 0 spiro atoms. The van der Waals surface area contributed by atoms with Crippen LogP contribution in [0.25, 0.3) is 0 Å². The zero-order chi connectivity index (χ0) is 50.3. The third-order valence-corrected chi connectivity index (χ3v) is 19.1. The van der Waals surface area contributed by atoms with Gasteiger partial charge in [-0.1, -0.05) is 178 Å². The Bertz CT molecular complexity index is 3160. The Morgan fingerprint density at radius 1 is 0.400 bits per heavy atom. The molecule has 6 aromatic carbocycles. The highest BCUT2D eigenvalue weighted by molar-refractivity contribution is 7.00. The Morgan fingerprint density at radius 3 is 1.50 bits per heavy atom. The van der Waals surface area contributed by atoms with Crippen molar-refractivity contribution in [2.45, 2.75) is 200 Å². The fraction of sp³-hybridized carbons (Fsp3) is 0.463. The van der Waals surface area contributed by atoms with E-state index in [0.717, 1.165) is 6.42 Å². The summed E-state index contributed by atoms with van der Waals surface area (Å²) in [6, 6.07) is 42.2. The van der Waals surface area contributed by atoms with E-state index in [9.17, 15) is 0 Å². The quantitative estimate of drug-likeness (QED) is 0.162. The van der Waals surface area contributed by atoms with Gasteiger partial charge in [0.05, 0.1) is 0 Å². The maximum Gasteiger partial charge on any atom is 0.252 e. The van der Waals surface area contributed by atoms with E-state index in [1.54, 1.807) is 0 Å². The summed E-state index contributed by atoms with van der Waals surface area (Å²) < 4.78 is 0. The van der Waals surface area contributed by atoms with E-state index in [4.69, 9.17) is 0 Å². The van der Waals surface area contributed by atoms with Gasteiger partial charge < -0.3 is 9.80 Å². The number of hydrogen-bond acceptors (Lipinski definition) is 2. The summed E-state index contributed by atoms with van der Waals surface area (Å²) >= 11 is 0. The SMILES string of the molecule is Cc1cc2c(cc1N1c3cc4c(cc3B3c5cc(C(C)(C)c6ccccc6)ccc5N(c5ccc6c(c5)C(C)(C)CCC6(C)C)c5cc(C(C)(C)C)cc1c53)C(C)(C)CCC4(C)C)C(C)(C)CC2(C)C. The maximum absolute atomic E-state index is 2.77. The largest absolute Gasteiger partial charge is 0.311 e. The second-order valence-electron chi connectivity index (χ2n) is 28.4. The summed E-state index contributed by atoms with van der Waals surface area (Å²) in [7, 11) is 0. The van der Waals surface area contributed by atoms with Gasteiger partial charge in [-0.25, -0.2) is 0 Å². The maximum atomic E-state index is 2.77. The first-order valence-corrected chi connectivity index (χ1v) is 26.9. The average Bonchev–Trinajstić information content (AvgIpc) is 3.46. The van der Waals surface area contributed by atoms with Crippen LogP contribution in [0.5, 0.6) is 0 Å². The molecule has 0 saturated heterocycles. The van der Waals surface area contributed by atoms with Crippen LogP contribution in [0.2, 0.25) is 0 Å². The van der Waals surface area contributed by atoms with Gasteiger partial charge >= 0.3 is 0 Å². The Kier molecular flexibility index (Phi) is 10.0. The van der Waals surface area contributed by atoms with Crippen molar-refractivity contribution in [2.24, 2.45) is 0 Å². The van der Waals surface area contributed by atoms with Crippen molar-refractivity contribution in [2.75, 3.05) is 9.80 Å². The molecular formula is C67H81BN2. The molecule has 0 unspecified atom stereocenters. The number of fused-ring (bicyclic) bond motifs is 7. The minimum atomic E-state index is -0.213. The van der Waals surface area contributed by atoms with Gasteiger partial charge in [0.15, 0.2) is 0 Å². The third kappa shape index (κ3) is 6.92. The van der Waals surface area contributed by atoms with Crippen LogP contribution in [0, 0.1) is 6.92 Å². The summed E-state index contributed by atoms with van der Waals surface area (Å²) in [5.41, 5.74) is 26.7. The standard InChI is InChI=1S/C67H81BN2/c1-41-32-47-51(66(15,16)40-65(47,13)14)38-55(41)70-56-39-50-49(63(9,10)30-31-64(50,11)12)37-53(56)68-52-33-43(67(17,18)42-22-20-19-21-23-42)24-27-54(52)69(57-34-44(60(2,3)4)35-58(70)59(57)68)45-25-26-46-48(36-45)62(7,8)29-28-61(46,5)6/h19-27,32-39H,28-31,40H2,1-18H3. The lowest BCUT2D eigenvalue weighted by atomic mass is 9.32. The van der Waals surface area contributed by atoms with Gasteiger partial charge in [-0.05, 0) is 191 Å². The van der Waals surface area contributed by atoms with Crippen LogP contribution in [-0.4, -0.2) is 6.71 Å². The molecule has 11 rings (SSSR count). The minimum absolute atomic E-state index is 0.0206. The number of anilines is 6. The van der Waals surface area contributed by atoms with Crippen molar-refractivity contribution in [3.63, 3.8) is 0 Å². The molecule has 0 aromatic heterocycles. The predicted octanol–water partition coefficient (Wildman–Crippen LogP) is 16.4. The van der Waals surface area contributed by atoms with Crippen molar-refractivity contribution in [3.8, 4) is 0 Å². The summed E-state index contributed by atoms with van der Waals surface area (Å²) in [5.74, 6) is 0. The van der Waals surface area contributed by atoms with Gasteiger partial charge in [0.25, 0.3) is 6.71 Å². The molecule has 0 saturated carbocycles. The number of rotatable bonds is 4. The van der Waals surface area contributed by atoms with Crippen molar-refractivity contribution in [1.29, 1.82) is 0 Å². The molecule has 3 aliphatic carbocycles. The van der Waals surface area contributed by atoms with Gasteiger partial charge in [-0.2, -0.15) is 0 Å². The second kappa shape index (κ2) is 14.8. The third-order valence-electron chi connectivity index (χ3n) is 19.1.